The van der Waals surface area contributed by atoms with E-state index in [0.29, 0.717) is 18.0 Å². The second kappa shape index (κ2) is 10.7. The molecule has 1 aromatic carbocycles. The highest BCUT2D eigenvalue weighted by Crippen LogP contribution is 2.27. The van der Waals surface area contributed by atoms with Gasteiger partial charge in [0.2, 0.25) is 5.66 Å². The van der Waals surface area contributed by atoms with Gasteiger partial charge in [0.25, 0.3) is 11.8 Å². The van der Waals surface area contributed by atoms with E-state index in [9.17, 15) is 18.0 Å². The van der Waals surface area contributed by atoms with Crippen LogP contribution < -0.4 is 26.0 Å². The van der Waals surface area contributed by atoms with E-state index in [1.807, 2.05) is 0 Å². The van der Waals surface area contributed by atoms with Gasteiger partial charge in [-0.2, -0.15) is 0 Å². The molecule has 4 rings (SSSR count). The van der Waals surface area contributed by atoms with Crippen molar-refractivity contribution < 1.29 is 22.7 Å². The van der Waals surface area contributed by atoms with Gasteiger partial charge in [-0.25, -0.2) is 13.4 Å². The number of aromatic nitrogens is 1. The van der Waals surface area contributed by atoms with Crippen molar-refractivity contribution in [3.05, 3.63) is 71.5 Å². The number of dihydropyridines is 1. The van der Waals surface area contributed by atoms with E-state index in [1.54, 1.807) is 25.1 Å². The second-order valence-electron chi connectivity index (χ2n) is 8.23. The Hall–Kier alpha value is -3.41. The summed E-state index contributed by atoms with van der Waals surface area (Å²) in [6.45, 7) is 2.87. The normalized spacial score (nSPS) is 21.0. The quantitative estimate of drug-likeness (QED) is 0.406. The van der Waals surface area contributed by atoms with Gasteiger partial charge in [0.1, 0.15) is 17.7 Å². The lowest BCUT2D eigenvalue weighted by atomic mass is 10.0. The summed E-state index contributed by atoms with van der Waals surface area (Å²) in [7, 11) is -3.53. The van der Waals surface area contributed by atoms with Gasteiger partial charge in [-0.05, 0) is 61.6 Å². The average Bonchev–Trinajstić information content (AvgIpc) is 3.39. The lowest BCUT2D eigenvalue weighted by molar-refractivity contribution is -0.121. The number of allylic oxidation sites excluding steroid dienone is 2. The van der Waals surface area contributed by atoms with E-state index >= 15 is 0 Å². The molecule has 10 nitrogen and oxygen atoms in total. The Morgan fingerprint density at radius 2 is 2.08 bits per heavy atom. The van der Waals surface area contributed by atoms with Crippen molar-refractivity contribution in [3.63, 3.8) is 0 Å². The molecule has 1 aromatic heterocycles. The molecule has 190 valence electrons. The van der Waals surface area contributed by atoms with Crippen LogP contribution in [-0.2, 0) is 14.6 Å². The Bertz CT molecular complexity index is 1310. The summed E-state index contributed by atoms with van der Waals surface area (Å²) < 4.78 is 31.0. The van der Waals surface area contributed by atoms with Crippen LogP contribution in [0.5, 0.6) is 5.75 Å². The predicted molar refractivity (Wildman–Crippen MR) is 136 cm³/mol. The number of hydrogen-bond acceptors (Lipinski definition) is 8. The number of benzene rings is 1. The van der Waals surface area contributed by atoms with Gasteiger partial charge in [-0.15, -0.1) is 0 Å². The van der Waals surface area contributed by atoms with Crippen molar-refractivity contribution in [2.75, 3.05) is 24.2 Å². The Morgan fingerprint density at radius 1 is 1.25 bits per heavy atom. The van der Waals surface area contributed by atoms with Crippen molar-refractivity contribution in [1.29, 1.82) is 0 Å². The molecule has 2 aliphatic rings. The monoisotopic (exact) mass is 531 g/mol. The molecular formula is C24H26ClN5O5S. The molecular weight excluding hydrogens is 506 g/mol. The zero-order chi connectivity index (χ0) is 25.8. The fraction of sp³-hybridized carbons (Fsp3) is 0.292. The van der Waals surface area contributed by atoms with E-state index in [2.05, 4.69) is 26.3 Å². The molecule has 2 aromatic rings. The summed E-state index contributed by atoms with van der Waals surface area (Å²) in [6, 6.07) is 7.23. The van der Waals surface area contributed by atoms with Gasteiger partial charge in [0.05, 0.1) is 21.2 Å². The summed E-state index contributed by atoms with van der Waals surface area (Å²) in [5, 5.41) is 11.8. The summed E-state index contributed by atoms with van der Waals surface area (Å²) in [5.74, 6) is -0.955. The summed E-state index contributed by atoms with van der Waals surface area (Å²) in [6.07, 6.45) is 8.18. The zero-order valence-corrected chi connectivity index (χ0v) is 21.0. The lowest BCUT2D eigenvalue weighted by Crippen LogP contribution is -2.63. The lowest BCUT2D eigenvalue weighted by Gasteiger charge is -2.32. The largest absolute Gasteiger partial charge is 0.488 e. The molecule has 4 N–H and O–H groups in total. The van der Waals surface area contributed by atoms with E-state index in [0.717, 1.165) is 6.54 Å². The topological polar surface area (TPSA) is 139 Å². The van der Waals surface area contributed by atoms with E-state index in [4.69, 9.17) is 16.3 Å². The first-order chi connectivity index (χ1) is 17.2. The third kappa shape index (κ3) is 5.69. The number of nitrogens with zero attached hydrogens (tertiary/aromatic N) is 1. The molecule has 2 aliphatic heterocycles. The molecule has 0 aliphatic carbocycles. The standard InChI is InChI=1S/C24H26ClN5O5S/c1-2-36(33,34)18-6-7-19(20(13-18)35-17-9-12-26-15-17)22(31)30-24(10-3-4-11-28-24)23(32)29-21-8-5-16(25)14-27-21/h3-8,10-11,13-14,17,26,28H,2,9,12,15H2,1H3,(H,30,31)(H,27,29,32)/t17-,24?/m0/s1. The molecule has 1 unspecified atom stereocenters. The Morgan fingerprint density at radius 3 is 2.72 bits per heavy atom. The number of halogens is 1. The molecule has 0 spiro atoms. The highest BCUT2D eigenvalue weighted by atomic mass is 35.5. The highest BCUT2D eigenvalue weighted by molar-refractivity contribution is 7.91. The molecule has 0 bridgehead atoms. The minimum atomic E-state index is -3.53. The third-order valence-corrected chi connectivity index (χ3v) is 7.70. The summed E-state index contributed by atoms with van der Waals surface area (Å²) in [5.41, 5.74) is -1.55. The number of amides is 2. The van der Waals surface area contributed by atoms with Crippen molar-refractivity contribution in [1.82, 2.24) is 20.9 Å². The van der Waals surface area contributed by atoms with Gasteiger partial charge < -0.3 is 26.0 Å². The minimum absolute atomic E-state index is 0.0578. The molecule has 0 radical (unpaired) electrons. The maximum atomic E-state index is 13.5. The molecule has 2 atom stereocenters. The Kier molecular flexibility index (Phi) is 7.62. The van der Waals surface area contributed by atoms with Crippen LogP contribution in [0.15, 0.2) is 65.9 Å². The van der Waals surface area contributed by atoms with Gasteiger partial charge in [0.15, 0.2) is 9.84 Å². The molecule has 12 heteroatoms. The number of rotatable bonds is 8. The second-order valence-corrected chi connectivity index (χ2v) is 10.9. The number of pyridine rings is 1. The van der Waals surface area contributed by atoms with Crippen LogP contribution in [0.2, 0.25) is 5.02 Å². The first-order valence-electron chi connectivity index (χ1n) is 11.3. The number of carbonyl (C=O) groups excluding carboxylic acids is 2. The maximum Gasteiger partial charge on any atom is 0.276 e. The summed E-state index contributed by atoms with van der Waals surface area (Å²) >= 11 is 5.87. The van der Waals surface area contributed by atoms with Crippen molar-refractivity contribution in [2.24, 2.45) is 0 Å². The van der Waals surface area contributed by atoms with Crippen LogP contribution in [0, 0.1) is 0 Å². The molecule has 1 fully saturated rings. The van der Waals surface area contributed by atoms with Crippen LogP contribution in [0.25, 0.3) is 0 Å². The van der Waals surface area contributed by atoms with Gasteiger partial charge in [-0.1, -0.05) is 24.6 Å². The first-order valence-corrected chi connectivity index (χ1v) is 13.4. The fourth-order valence-corrected chi connectivity index (χ4v) is 4.73. The third-order valence-electron chi connectivity index (χ3n) is 5.75. The molecule has 1 saturated heterocycles. The number of nitrogens with one attached hydrogen (secondary N) is 4. The number of hydrogen-bond donors (Lipinski definition) is 4. The fourth-order valence-electron chi connectivity index (χ4n) is 3.73. The number of ether oxygens (including phenoxy) is 1. The first kappa shape index (κ1) is 25.7. The van der Waals surface area contributed by atoms with Gasteiger partial charge >= 0.3 is 0 Å². The van der Waals surface area contributed by atoms with Crippen molar-refractivity contribution in [2.45, 2.75) is 30.0 Å². The van der Waals surface area contributed by atoms with Crippen molar-refractivity contribution in [3.8, 4) is 5.75 Å². The van der Waals surface area contributed by atoms with Crippen LogP contribution in [-0.4, -0.2) is 55.8 Å². The smallest absolute Gasteiger partial charge is 0.276 e. The van der Waals surface area contributed by atoms with Gasteiger partial charge in [-0.3, -0.25) is 9.59 Å². The van der Waals surface area contributed by atoms with Gasteiger partial charge in [0, 0.05) is 12.7 Å². The average molecular weight is 532 g/mol. The molecule has 2 amide bonds. The predicted octanol–water partition coefficient (Wildman–Crippen LogP) is 2.01. The molecule has 0 saturated carbocycles. The van der Waals surface area contributed by atoms with Crippen molar-refractivity contribution >= 4 is 39.1 Å². The molecule has 36 heavy (non-hydrogen) atoms. The zero-order valence-electron chi connectivity index (χ0n) is 19.5. The van der Waals surface area contributed by atoms with Crippen LogP contribution in [0.3, 0.4) is 0 Å². The van der Waals surface area contributed by atoms with E-state index < -0.39 is 27.3 Å². The SMILES string of the molecule is CCS(=O)(=O)c1ccc(C(=O)NC2(C(=O)Nc3ccc(Cl)cn3)C=CC=CN2)c(O[C@H]2CCNC2)c1. The maximum absolute atomic E-state index is 13.5. The Balaban J connectivity index is 1.64. The van der Waals surface area contributed by atoms with Crippen LogP contribution >= 0.6 is 11.6 Å². The molecule has 3 heterocycles. The van der Waals surface area contributed by atoms with Crippen LogP contribution in [0.1, 0.15) is 23.7 Å². The van der Waals surface area contributed by atoms with Crippen LogP contribution in [0.4, 0.5) is 5.82 Å². The number of carbonyl (C=O) groups is 2. The number of anilines is 1. The minimum Gasteiger partial charge on any atom is -0.488 e. The number of sulfone groups is 1. The Labute approximate surface area is 214 Å². The summed E-state index contributed by atoms with van der Waals surface area (Å²) in [4.78, 5) is 30.9. The highest BCUT2D eigenvalue weighted by Gasteiger charge is 2.39. The van der Waals surface area contributed by atoms with E-state index in [1.165, 1.54) is 42.7 Å². The van der Waals surface area contributed by atoms with E-state index in [-0.39, 0.29) is 33.9 Å².